The van der Waals surface area contributed by atoms with Crippen molar-refractivity contribution < 1.29 is 54.4 Å². The van der Waals surface area contributed by atoms with E-state index in [4.69, 9.17) is 14.2 Å². The fourth-order valence-electron chi connectivity index (χ4n) is 6.13. The molecule has 5 rings (SSSR count). The Labute approximate surface area is 224 Å². The van der Waals surface area contributed by atoms with Crippen molar-refractivity contribution in [2.75, 3.05) is 7.11 Å². The quantitative estimate of drug-likeness (QED) is 0.275. The van der Waals surface area contributed by atoms with Crippen LogP contribution in [0.4, 0.5) is 0 Å². The third kappa shape index (κ3) is 4.25. The zero-order valence-electron chi connectivity index (χ0n) is 22.0. The fraction of sp³-hybridized carbons (Fsp3) is 0.500. The number of phenolic OH excluding ortho intramolecular Hbond substituents is 2. The summed E-state index contributed by atoms with van der Waals surface area (Å²) >= 11 is 0. The van der Waals surface area contributed by atoms with Gasteiger partial charge in [-0.15, -0.1) is 0 Å². The van der Waals surface area contributed by atoms with Gasteiger partial charge in [0.05, 0.1) is 35.0 Å². The van der Waals surface area contributed by atoms with Crippen molar-refractivity contribution in [2.45, 2.75) is 82.1 Å². The third-order valence-corrected chi connectivity index (χ3v) is 8.03. The van der Waals surface area contributed by atoms with Gasteiger partial charge in [-0.1, -0.05) is 0 Å². The number of aromatic hydroxyl groups is 2. The normalized spacial score (nSPS) is 33.9. The zero-order chi connectivity index (χ0) is 28.6. The SMILES string of the molecule is CO[C@H]1[C@H](OC2CC(C)(O)C(O)C(C)O2)c2c(cc3c(c2O)C(=O)c2c(O)cc(CO)cc2C3=O)C[C@@]1(C)O. The first kappa shape index (κ1) is 27.7. The molecule has 210 valence electrons. The summed E-state index contributed by atoms with van der Waals surface area (Å²) < 4.78 is 17.6. The van der Waals surface area contributed by atoms with E-state index in [-0.39, 0.29) is 46.2 Å². The highest BCUT2D eigenvalue weighted by Crippen LogP contribution is 2.49. The number of methoxy groups -OCH3 is 1. The van der Waals surface area contributed by atoms with Crippen molar-refractivity contribution in [3.63, 3.8) is 0 Å². The predicted molar refractivity (Wildman–Crippen MR) is 134 cm³/mol. The number of benzene rings is 2. The van der Waals surface area contributed by atoms with Crippen LogP contribution in [-0.2, 0) is 27.2 Å². The first-order valence-electron chi connectivity index (χ1n) is 12.6. The molecule has 11 heteroatoms. The molecule has 0 amide bonds. The van der Waals surface area contributed by atoms with Gasteiger partial charge in [-0.25, -0.2) is 0 Å². The highest BCUT2D eigenvalue weighted by atomic mass is 16.7. The molecule has 1 aliphatic heterocycles. The summed E-state index contributed by atoms with van der Waals surface area (Å²) in [4.78, 5) is 27.1. The summed E-state index contributed by atoms with van der Waals surface area (Å²) in [5, 5.41) is 63.9. The van der Waals surface area contributed by atoms with Gasteiger partial charge in [0, 0.05) is 36.6 Å². The van der Waals surface area contributed by atoms with Gasteiger partial charge >= 0.3 is 0 Å². The molecule has 0 bridgehead atoms. The number of hydrogen-bond acceptors (Lipinski definition) is 11. The molecule has 1 fully saturated rings. The molecule has 2 aromatic rings. The number of aliphatic hydroxyl groups excluding tert-OH is 2. The average Bonchev–Trinajstić information content (AvgIpc) is 2.84. The molecule has 6 N–H and O–H groups in total. The molecule has 1 heterocycles. The molecule has 2 aliphatic carbocycles. The summed E-state index contributed by atoms with van der Waals surface area (Å²) in [7, 11) is 1.35. The molecule has 39 heavy (non-hydrogen) atoms. The minimum atomic E-state index is -1.56. The van der Waals surface area contributed by atoms with Crippen LogP contribution in [0.2, 0.25) is 0 Å². The van der Waals surface area contributed by atoms with Crippen LogP contribution >= 0.6 is 0 Å². The van der Waals surface area contributed by atoms with Gasteiger partial charge in [0.15, 0.2) is 12.1 Å². The van der Waals surface area contributed by atoms with Crippen molar-refractivity contribution in [3.8, 4) is 11.5 Å². The number of ether oxygens (including phenoxy) is 3. The van der Waals surface area contributed by atoms with Crippen molar-refractivity contribution in [1.29, 1.82) is 0 Å². The molecule has 7 atom stereocenters. The first-order chi connectivity index (χ1) is 18.2. The van der Waals surface area contributed by atoms with Gasteiger partial charge < -0.3 is 44.8 Å². The number of ketones is 2. The Hall–Kier alpha value is -2.90. The molecule has 3 aliphatic rings. The molecular weight excluding hydrogens is 512 g/mol. The summed E-state index contributed by atoms with van der Waals surface area (Å²) in [6, 6.07) is 3.91. The molecule has 1 saturated heterocycles. The van der Waals surface area contributed by atoms with Crippen LogP contribution in [0.5, 0.6) is 11.5 Å². The maximum absolute atomic E-state index is 13.6. The van der Waals surface area contributed by atoms with Gasteiger partial charge in [0.1, 0.15) is 29.8 Å². The maximum Gasteiger partial charge on any atom is 0.201 e. The number of phenols is 2. The minimum absolute atomic E-state index is 0.0594. The van der Waals surface area contributed by atoms with Crippen LogP contribution in [0, 0.1) is 0 Å². The second-order valence-corrected chi connectivity index (χ2v) is 11.1. The number of rotatable bonds is 4. The molecule has 0 spiro atoms. The Bertz CT molecular complexity index is 1360. The number of aliphatic hydroxyl groups is 4. The highest BCUT2D eigenvalue weighted by Gasteiger charge is 2.51. The number of fused-ring (bicyclic) bond motifs is 3. The summed E-state index contributed by atoms with van der Waals surface area (Å²) in [6.45, 7) is 4.06. The third-order valence-electron chi connectivity index (χ3n) is 8.03. The van der Waals surface area contributed by atoms with Gasteiger partial charge in [-0.2, -0.15) is 0 Å². The highest BCUT2D eigenvalue weighted by molar-refractivity contribution is 6.30. The lowest BCUT2D eigenvalue weighted by Crippen LogP contribution is -2.57. The van der Waals surface area contributed by atoms with Crippen LogP contribution in [0.1, 0.15) is 81.8 Å². The Morgan fingerprint density at radius 1 is 1.03 bits per heavy atom. The Morgan fingerprint density at radius 2 is 1.69 bits per heavy atom. The minimum Gasteiger partial charge on any atom is -0.507 e. The summed E-state index contributed by atoms with van der Waals surface area (Å²) in [5.41, 5.74) is -3.27. The lowest BCUT2D eigenvalue weighted by Gasteiger charge is -2.47. The van der Waals surface area contributed by atoms with E-state index in [1.165, 1.54) is 39.2 Å². The van der Waals surface area contributed by atoms with Crippen LogP contribution in [0.3, 0.4) is 0 Å². The molecule has 0 aromatic heterocycles. The lowest BCUT2D eigenvalue weighted by atomic mass is 9.72. The molecular formula is C28H32O11. The van der Waals surface area contributed by atoms with Gasteiger partial charge in [0.25, 0.3) is 0 Å². The fourth-order valence-corrected chi connectivity index (χ4v) is 6.13. The Kier molecular flexibility index (Phi) is 6.62. The monoisotopic (exact) mass is 544 g/mol. The molecule has 11 nitrogen and oxygen atoms in total. The van der Waals surface area contributed by atoms with E-state index < -0.39 is 71.6 Å². The van der Waals surface area contributed by atoms with Crippen molar-refractivity contribution in [2.24, 2.45) is 0 Å². The van der Waals surface area contributed by atoms with Crippen molar-refractivity contribution in [3.05, 3.63) is 57.1 Å². The van der Waals surface area contributed by atoms with Gasteiger partial charge in [0.2, 0.25) is 5.78 Å². The average molecular weight is 545 g/mol. The number of carbonyl (C=O) groups is 2. The smallest absolute Gasteiger partial charge is 0.201 e. The zero-order valence-corrected chi connectivity index (χ0v) is 22.0. The van der Waals surface area contributed by atoms with E-state index in [0.29, 0.717) is 5.56 Å². The van der Waals surface area contributed by atoms with Crippen LogP contribution in [0.15, 0.2) is 18.2 Å². The Balaban J connectivity index is 1.65. The van der Waals surface area contributed by atoms with E-state index in [9.17, 15) is 40.2 Å². The van der Waals surface area contributed by atoms with Crippen molar-refractivity contribution >= 4 is 11.6 Å². The Morgan fingerprint density at radius 3 is 2.31 bits per heavy atom. The molecule has 4 unspecified atom stereocenters. The van der Waals surface area contributed by atoms with E-state index in [0.717, 1.165) is 0 Å². The predicted octanol–water partition coefficient (Wildman–Crippen LogP) is 0.992. The van der Waals surface area contributed by atoms with Gasteiger partial charge in [-0.3, -0.25) is 9.59 Å². The van der Waals surface area contributed by atoms with Crippen LogP contribution in [-0.4, -0.2) is 85.1 Å². The van der Waals surface area contributed by atoms with Crippen molar-refractivity contribution in [1.82, 2.24) is 0 Å². The molecule has 2 aromatic carbocycles. The number of carbonyl (C=O) groups excluding carboxylic acids is 2. The second kappa shape index (κ2) is 9.34. The summed E-state index contributed by atoms with van der Waals surface area (Å²) in [5.74, 6) is -2.49. The largest absolute Gasteiger partial charge is 0.507 e. The van der Waals surface area contributed by atoms with Crippen LogP contribution in [0.25, 0.3) is 0 Å². The standard InChI is InChI=1S/C28H32O11/c1-11-25(34)27(2,35)9-17(38-11)39-24-18-13(8-28(3,36)26(24)37-4)7-15-20(22(18)32)23(33)19-14(21(15)31)5-12(10-29)6-16(19)30/h5-7,11,17,24-26,29-30,32,34-36H,8-10H2,1-4H3/t11?,17?,24-,25?,26+,27?,28-/m1/s1. The van der Waals surface area contributed by atoms with Crippen LogP contribution < -0.4 is 0 Å². The second-order valence-electron chi connectivity index (χ2n) is 11.1. The summed E-state index contributed by atoms with van der Waals surface area (Å²) in [6.07, 6.45) is -5.54. The molecule has 0 saturated carbocycles. The first-order valence-corrected chi connectivity index (χ1v) is 12.6. The molecule has 0 radical (unpaired) electrons. The van der Waals surface area contributed by atoms with E-state index in [2.05, 4.69) is 0 Å². The number of hydrogen-bond donors (Lipinski definition) is 6. The van der Waals surface area contributed by atoms with Gasteiger partial charge in [-0.05, 0) is 50.1 Å². The maximum atomic E-state index is 13.6. The van der Waals surface area contributed by atoms with E-state index in [1.54, 1.807) is 6.92 Å². The lowest BCUT2D eigenvalue weighted by molar-refractivity contribution is -0.300. The topological polar surface area (TPSA) is 183 Å². The van der Waals surface area contributed by atoms with E-state index in [1.807, 2.05) is 0 Å². The van der Waals surface area contributed by atoms with E-state index >= 15 is 0 Å².